The highest BCUT2D eigenvalue weighted by Crippen LogP contribution is 2.37. The number of hydrogen-bond donors (Lipinski definition) is 1. The Morgan fingerprint density at radius 3 is 2.62 bits per heavy atom. The van der Waals surface area contributed by atoms with Crippen molar-refractivity contribution in [3.05, 3.63) is 11.3 Å². The fraction of sp³-hybridized carbons (Fsp3) is 0.818. The minimum absolute atomic E-state index is 0.445. The van der Waals surface area contributed by atoms with Crippen LogP contribution >= 0.6 is 0 Å². The second-order valence-electron chi connectivity index (χ2n) is 4.58. The Balaban J connectivity index is 2.10. The van der Waals surface area contributed by atoms with Crippen LogP contribution in [0.1, 0.15) is 39.5 Å². The molecule has 1 nitrogen and oxygen atoms in total. The van der Waals surface area contributed by atoms with Gasteiger partial charge in [0.15, 0.2) is 0 Å². The van der Waals surface area contributed by atoms with Crippen molar-refractivity contribution in [1.82, 2.24) is 5.32 Å². The van der Waals surface area contributed by atoms with E-state index in [1.54, 1.807) is 5.57 Å². The first-order valence-electron chi connectivity index (χ1n) is 5.38. The average molecular weight is 175 g/mol. The standard InChI is InChI=1S/C11H18BN/c1-7-8(2)13-11-6-4-9(12)3-5-10(7)11/h9-11,13H,3-6H2,1-2H3. The molecule has 0 amide bonds. The molecule has 3 atom stereocenters. The zero-order chi connectivity index (χ0) is 9.42. The van der Waals surface area contributed by atoms with Gasteiger partial charge in [0, 0.05) is 17.7 Å². The summed E-state index contributed by atoms with van der Waals surface area (Å²) in [5.41, 5.74) is 2.98. The van der Waals surface area contributed by atoms with Crippen LogP contribution in [-0.2, 0) is 0 Å². The maximum Gasteiger partial charge on any atom is 0.0699 e. The second-order valence-corrected chi connectivity index (χ2v) is 4.58. The van der Waals surface area contributed by atoms with Gasteiger partial charge < -0.3 is 5.32 Å². The van der Waals surface area contributed by atoms with Crippen LogP contribution in [0.15, 0.2) is 11.3 Å². The normalized spacial score (nSPS) is 39.7. The Morgan fingerprint density at radius 1 is 1.15 bits per heavy atom. The van der Waals surface area contributed by atoms with Gasteiger partial charge >= 0.3 is 0 Å². The van der Waals surface area contributed by atoms with E-state index >= 15 is 0 Å². The molecule has 1 aliphatic carbocycles. The van der Waals surface area contributed by atoms with Gasteiger partial charge in [-0.2, -0.15) is 0 Å². The zero-order valence-electron chi connectivity index (χ0n) is 8.64. The van der Waals surface area contributed by atoms with Crippen LogP contribution in [0.25, 0.3) is 0 Å². The number of hydrogen-bond acceptors (Lipinski definition) is 1. The van der Waals surface area contributed by atoms with Crippen molar-refractivity contribution < 1.29 is 0 Å². The van der Waals surface area contributed by atoms with Gasteiger partial charge in [-0.15, -0.1) is 0 Å². The van der Waals surface area contributed by atoms with E-state index in [0.29, 0.717) is 11.9 Å². The van der Waals surface area contributed by atoms with Gasteiger partial charge in [-0.3, -0.25) is 0 Å². The van der Waals surface area contributed by atoms with Crippen LogP contribution in [0, 0.1) is 5.92 Å². The maximum absolute atomic E-state index is 5.97. The van der Waals surface area contributed by atoms with Crippen molar-refractivity contribution in [1.29, 1.82) is 0 Å². The van der Waals surface area contributed by atoms with Gasteiger partial charge in [0.2, 0.25) is 0 Å². The van der Waals surface area contributed by atoms with Gasteiger partial charge in [0.1, 0.15) is 0 Å². The molecule has 2 rings (SSSR count). The highest BCUT2D eigenvalue weighted by molar-refractivity contribution is 6.11. The lowest BCUT2D eigenvalue weighted by Gasteiger charge is -2.17. The van der Waals surface area contributed by atoms with E-state index in [1.807, 2.05) is 0 Å². The molecular formula is C11H18BN. The molecule has 0 aromatic rings. The number of allylic oxidation sites excluding steroid dienone is 1. The van der Waals surface area contributed by atoms with Crippen molar-refractivity contribution in [2.24, 2.45) is 5.92 Å². The Hall–Kier alpha value is -0.395. The van der Waals surface area contributed by atoms with Crippen molar-refractivity contribution in [3.63, 3.8) is 0 Å². The largest absolute Gasteiger partial charge is 0.385 e. The first-order valence-corrected chi connectivity index (χ1v) is 5.38. The molecule has 70 valence electrons. The summed E-state index contributed by atoms with van der Waals surface area (Å²) in [6, 6.07) is 0.688. The van der Waals surface area contributed by atoms with Crippen molar-refractivity contribution in [3.8, 4) is 0 Å². The van der Waals surface area contributed by atoms with Gasteiger partial charge in [-0.1, -0.05) is 18.7 Å². The molecule has 1 aliphatic heterocycles. The van der Waals surface area contributed by atoms with E-state index in [9.17, 15) is 0 Å². The zero-order valence-corrected chi connectivity index (χ0v) is 8.64. The molecule has 13 heavy (non-hydrogen) atoms. The second kappa shape index (κ2) is 3.40. The highest BCUT2D eigenvalue weighted by Gasteiger charge is 2.32. The Bertz CT molecular complexity index is 234. The molecule has 0 saturated heterocycles. The highest BCUT2D eigenvalue weighted by atomic mass is 15.0. The van der Waals surface area contributed by atoms with Crippen LogP contribution in [0.5, 0.6) is 0 Å². The van der Waals surface area contributed by atoms with Gasteiger partial charge in [0.05, 0.1) is 7.85 Å². The summed E-state index contributed by atoms with van der Waals surface area (Å²) in [7, 11) is 5.97. The molecule has 1 heterocycles. The summed E-state index contributed by atoms with van der Waals surface area (Å²) in [6.45, 7) is 4.47. The predicted octanol–water partition coefficient (Wildman–Crippen LogP) is 2.40. The first kappa shape index (κ1) is 9.17. The monoisotopic (exact) mass is 175 g/mol. The Morgan fingerprint density at radius 2 is 1.85 bits per heavy atom. The van der Waals surface area contributed by atoms with Gasteiger partial charge in [-0.05, 0) is 32.3 Å². The number of fused-ring (bicyclic) bond motifs is 1. The summed E-state index contributed by atoms with van der Waals surface area (Å²) >= 11 is 0. The molecule has 0 aromatic heterocycles. The van der Waals surface area contributed by atoms with Crippen LogP contribution in [0.4, 0.5) is 0 Å². The van der Waals surface area contributed by atoms with E-state index in [0.717, 1.165) is 5.92 Å². The molecule has 0 bridgehead atoms. The average Bonchev–Trinajstić information content (AvgIpc) is 2.28. The molecule has 0 aromatic carbocycles. The van der Waals surface area contributed by atoms with Crippen molar-refractivity contribution in [2.75, 3.05) is 0 Å². The summed E-state index contributed by atoms with van der Waals surface area (Å²) in [5.74, 6) is 1.22. The first-order chi connectivity index (χ1) is 6.18. The third-order valence-electron chi connectivity index (χ3n) is 3.73. The fourth-order valence-electron chi connectivity index (χ4n) is 2.70. The van der Waals surface area contributed by atoms with Crippen molar-refractivity contribution >= 4 is 7.85 Å². The Kier molecular flexibility index (Phi) is 2.40. The van der Waals surface area contributed by atoms with E-state index < -0.39 is 0 Å². The third-order valence-corrected chi connectivity index (χ3v) is 3.73. The third kappa shape index (κ3) is 1.63. The molecular weight excluding hydrogens is 157 g/mol. The lowest BCUT2D eigenvalue weighted by molar-refractivity contribution is 0.442. The van der Waals surface area contributed by atoms with E-state index in [-0.39, 0.29) is 0 Å². The van der Waals surface area contributed by atoms with Gasteiger partial charge in [0.25, 0.3) is 0 Å². The topological polar surface area (TPSA) is 12.0 Å². The van der Waals surface area contributed by atoms with E-state index in [2.05, 4.69) is 19.2 Å². The SMILES string of the molecule is [B]C1CCC2NC(C)=C(C)C2CC1. The van der Waals surface area contributed by atoms with Crippen molar-refractivity contribution in [2.45, 2.75) is 51.4 Å². The van der Waals surface area contributed by atoms with Crippen LogP contribution < -0.4 is 5.32 Å². The van der Waals surface area contributed by atoms with E-state index in [4.69, 9.17) is 7.85 Å². The van der Waals surface area contributed by atoms with Crippen LogP contribution in [0.2, 0.25) is 5.82 Å². The quantitative estimate of drug-likeness (QED) is 0.557. The molecule has 2 radical (unpaired) electrons. The molecule has 1 saturated carbocycles. The summed E-state index contributed by atoms with van der Waals surface area (Å²) in [6.07, 6.45) is 4.92. The number of nitrogens with one attached hydrogen (secondary N) is 1. The summed E-state index contributed by atoms with van der Waals surface area (Å²) in [4.78, 5) is 0. The van der Waals surface area contributed by atoms with Gasteiger partial charge in [-0.25, -0.2) is 0 Å². The number of rotatable bonds is 0. The summed E-state index contributed by atoms with van der Waals surface area (Å²) in [5, 5.41) is 3.59. The lowest BCUT2D eigenvalue weighted by Crippen LogP contribution is -2.27. The fourth-order valence-corrected chi connectivity index (χ4v) is 2.70. The minimum Gasteiger partial charge on any atom is -0.385 e. The molecule has 0 spiro atoms. The lowest BCUT2D eigenvalue weighted by atomic mass is 9.81. The predicted molar refractivity (Wildman–Crippen MR) is 56.8 cm³/mol. The molecule has 1 fully saturated rings. The molecule has 2 aliphatic rings. The summed E-state index contributed by atoms with van der Waals surface area (Å²) < 4.78 is 0. The van der Waals surface area contributed by atoms with Crippen LogP contribution in [0.3, 0.4) is 0 Å². The molecule has 1 N–H and O–H groups in total. The smallest absolute Gasteiger partial charge is 0.0699 e. The Labute approximate surface area is 82.4 Å². The van der Waals surface area contributed by atoms with E-state index in [1.165, 1.54) is 31.4 Å². The minimum atomic E-state index is 0.445. The molecule has 3 unspecified atom stereocenters. The molecule has 2 heteroatoms. The maximum atomic E-state index is 5.97. The van der Waals surface area contributed by atoms with Crippen LogP contribution in [-0.4, -0.2) is 13.9 Å².